The normalized spacial score (nSPS) is 15.7. The number of piperazine rings is 1. The number of halogens is 1. The highest BCUT2D eigenvalue weighted by molar-refractivity contribution is 7.14. The molecule has 1 N–H and O–H groups in total. The molecule has 0 saturated carbocycles. The fourth-order valence-corrected chi connectivity index (χ4v) is 3.61. The quantitative estimate of drug-likeness (QED) is 0.917. The van der Waals surface area contributed by atoms with Crippen LogP contribution in [0, 0.1) is 6.92 Å². The van der Waals surface area contributed by atoms with Crippen molar-refractivity contribution in [3.8, 4) is 0 Å². The Bertz CT molecular complexity index is 708. The van der Waals surface area contributed by atoms with E-state index in [1.54, 1.807) is 0 Å². The average Bonchev–Trinajstić information content (AvgIpc) is 2.95. The smallest absolute Gasteiger partial charge is 0.265 e. The van der Waals surface area contributed by atoms with Crippen LogP contribution in [0.1, 0.15) is 14.5 Å². The van der Waals surface area contributed by atoms with Crippen LogP contribution < -0.4 is 10.2 Å². The molecule has 1 aromatic heterocycles. The van der Waals surface area contributed by atoms with Gasteiger partial charge < -0.3 is 15.1 Å². The lowest BCUT2D eigenvalue weighted by molar-refractivity contribution is 0.103. The SMILES string of the molecule is Cc1ccc(C(=O)Nc2cc(Cl)ccc2N2CCN(C)CC2)s1. The standard InChI is InChI=1S/C17H20ClN3OS/c1-12-3-6-16(23-12)17(22)19-14-11-13(18)4-5-15(14)21-9-7-20(2)8-10-21/h3-6,11H,7-10H2,1-2H3,(H,19,22). The summed E-state index contributed by atoms with van der Waals surface area (Å²) in [6.45, 7) is 5.91. The predicted octanol–water partition coefficient (Wildman–Crippen LogP) is 3.71. The number of benzene rings is 1. The van der Waals surface area contributed by atoms with Gasteiger partial charge in [0, 0.05) is 36.1 Å². The first-order valence-electron chi connectivity index (χ1n) is 7.64. The maximum absolute atomic E-state index is 12.5. The Kier molecular flexibility index (Phi) is 4.90. The zero-order valence-corrected chi connectivity index (χ0v) is 14.9. The van der Waals surface area contributed by atoms with Crippen molar-refractivity contribution >= 4 is 40.2 Å². The van der Waals surface area contributed by atoms with Crippen molar-refractivity contribution < 1.29 is 4.79 Å². The molecule has 0 radical (unpaired) electrons. The highest BCUT2D eigenvalue weighted by Gasteiger charge is 2.19. The zero-order valence-electron chi connectivity index (χ0n) is 13.3. The minimum atomic E-state index is -0.0826. The van der Waals surface area contributed by atoms with Crippen LogP contribution in [0.25, 0.3) is 0 Å². The van der Waals surface area contributed by atoms with E-state index in [1.807, 2.05) is 37.3 Å². The van der Waals surface area contributed by atoms with Gasteiger partial charge in [-0.05, 0) is 44.3 Å². The topological polar surface area (TPSA) is 35.6 Å². The van der Waals surface area contributed by atoms with Crippen molar-refractivity contribution in [2.45, 2.75) is 6.92 Å². The molecule has 2 heterocycles. The molecule has 2 aromatic rings. The number of nitrogens with one attached hydrogen (secondary N) is 1. The van der Waals surface area contributed by atoms with Crippen molar-refractivity contribution in [3.05, 3.63) is 45.1 Å². The molecule has 0 spiro atoms. The summed E-state index contributed by atoms with van der Waals surface area (Å²) in [4.78, 5) is 18.9. The molecule has 0 aliphatic carbocycles. The van der Waals surface area contributed by atoms with Gasteiger partial charge >= 0.3 is 0 Å². The Labute approximate surface area is 145 Å². The van der Waals surface area contributed by atoms with Crippen LogP contribution in [0.3, 0.4) is 0 Å². The predicted molar refractivity (Wildman–Crippen MR) is 98.2 cm³/mol. The van der Waals surface area contributed by atoms with Crippen LogP contribution in [0.5, 0.6) is 0 Å². The lowest BCUT2D eigenvalue weighted by atomic mass is 10.2. The highest BCUT2D eigenvalue weighted by atomic mass is 35.5. The number of rotatable bonds is 3. The van der Waals surface area contributed by atoms with Gasteiger partial charge in [0.15, 0.2) is 0 Å². The summed E-state index contributed by atoms with van der Waals surface area (Å²) < 4.78 is 0. The van der Waals surface area contributed by atoms with E-state index in [0.717, 1.165) is 42.4 Å². The molecule has 1 fully saturated rings. The van der Waals surface area contributed by atoms with E-state index in [9.17, 15) is 4.79 Å². The van der Waals surface area contributed by atoms with Gasteiger partial charge in [-0.1, -0.05) is 11.6 Å². The summed E-state index contributed by atoms with van der Waals surface area (Å²) in [7, 11) is 2.13. The van der Waals surface area contributed by atoms with Gasteiger partial charge in [0.25, 0.3) is 5.91 Å². The Hall–Kier alpha value is -1.56. The minimum absolute atomic E-state index is 0.0826. The summed E-state index contributed by atoms with van der Waals surface area (Å²) >= 11 is 7.63. The van der Waals surface area contributed by atoms with Gasteiger partial charge in [-0.3, -0.25) is 4.79 Å². The molecule has 0 atom stereocenters. The molecule has 0 bridgehead atoms. The van der Waals surface area contributed by atoms with Crippen LogP contribution in [0.4, 0.5) is 11.4 Å². The number of aryl methyl sites for hydroxylation is 1. The number of nitrogens with zero attached hydrogens (tertiary/aromatic N) is 2. The highest BCUT2D eigenvalue weighted by Crippen LogP contribution is 2.31. The number of thiophene rings is 1. The molecule has 1 amide bonds. The molecule has 1 saturated heterocycles. The number of amides is 1. The summed E-state index contributed by atoms with van der Waals surface area (Å²) in [5.41, 5.74) is 1.81. The first kappa shape index (κ1) is 16.3. The molecule has 1 aromatic carbocycles. The molecule has 122 valence electrons. The molecule has 1 aliphatic rings. The van der Waals surface area contributed by atoms with E-state index < -0.39 is 0 Å². The molecule has 23 heavy (non-hydrogen) atoms. The molecular formula is C17H20ClN3OS. The first-order chi connectivity index (χ1) is 11.0. The van der Waals surface area contributed by atoms with E-state index in [-0.39, 0.29) is 5.91 Å². The van der Waals surface area contributed by atoms with Crippen LogP contribution in [-0.2, 0) is 0 Å². The van der Waals surface area contributed by atoms with E-state index in [4.69, 9.17) is 11.6 Å². The Morgan fingerprint density at radius 3 is 2.57 bits per heavy atom. The molecule has 0 unspecified atom stereocenters. The maximum atomic E-state index is 12.5. The van der Waals surface area contributed by atoms with Crippen molar-refractivity contribution in [2.75, 3.05) is 43.4 Å². The third kappa shape index (κ3) is 3.86. The number of hydrogen-bond acceptors (Lipinski definition) is 4. The molecule has 1 aliphatic heterocycles. The van der Waals surface area contributed by atoms with E-state index >= 15 is 0 Å². The summed E-state index contributed by atoms with van der Waals surface area (Å²) in [5, 5.41) is 3.65. The number of carbonyl (C=O) groups excluding carboxylic acids is 1. The number of likely N-dealkylation sites (N-methyl/N-ethyl adjacent to an activating group) is 1. The second kappa shape index (κ2) is 6.91. The molecule has 3 rings (SSSR count). The lowest BCUT2D eigenvalue weighted by Crippen LogP contribution is -2.44. The van der Waals surface area contributed by atoms with Crippen LogP contribution >= 0.6 is 22.9 Å². The van der Waals surface area contributed by atoms with E-state index in [2.05, 4.69) is 22.2 Å². The molecule has 6 heteroatoms. The van der Waals surface area contributed by atoms with Gasteiger partial charge in [0.1, 0.15) is 0 Å². The van der Waals surface area contributed by atoms with Crippen molar-refractivity contribution in [1.29, 1.82) is 0 Å². The van der Waals surface area contributed by atoms with Crippen molar-refractivity contribution in [1.82, 2.24) is 4.90 Å². The third-order valence-electron chi connectivity index (χ3n) is 4.01. The van der Waals surface area contributed by atoms with Crippen molar-refractivity contribution in [3.63, 3.8) is 0 Å². The second-order valence-corrected chi connectivity index (χ2v) is 7.54. The Morgan fingerprint density at radius 2 is 1.91 bits per heavy atom. The Balaban J connectivity index is 1.83. The van der Waals surface area contributed by atoms with Crippen LogP contribution in [0.15, 0.2) is 30.3 Å². The van der Waals surface area contributed by atoms with Gasteiger partial charge in [-0.2, -0.15) is 0 Å². The fraction of sp³-hybridized carbons (Fsp3) is 0.353. The van der Waals surface area contributed by atoms with E-state index in [1.165, 1.54) is 11.3 Å². The third-order valence-corrected chi connectivity index (χ3v) is 5.25. The monoisotopic (exact) mass is 349 g/mol. The van der Waals surface area contributed by atoms with Gasteiger partial charge in [0.2, 0.25) is 0 Å². The molecule has 4 nitrogen and oxygen atoms in total. The number of carbonyl (C=O) groups is 1. The van der Waals surface area contributed by atoms with Crippen LogP contribution in [0.2, 0.25) is 5.02 Å². The largest absolute Gasteiger partial charge is 0.367 e. The number of anilines is 2. The van der Waals surface area contributed by atoms with E-state index in [0.29, 0.717) is 9.90 Å². The fourth-order valence-electron chi connectivity index (χ4n) is 2.67. The summed E-state index contributed by atoms with van der Waals surface area (Å²) in [5.74, 6) is -0.0826. The van der Waals surface area contributed by atoms with Gasteiger partial charge in [-0.25, -0.2) is 0 Å². The first-order valence-corrected chi connectivity index (χ1v) is 8.83. The lowest BCUT2D eigenvalue weighted by Gasteiger charge is -2.35. The summed E-state index contributed by atoms with van der Waals surface area (Å²) in [6, 6.07) is 9.50. The minimum Gasteiger partial charge on any atom is -0.367 e. The number of hydrogen-bond donors (Lipinski definition) is 1. The Morgan fingerprint density at radius 1 is 1.17 bits per heavy atom. The zero-order chi connectivity index (χ0) is 16.4. The van der Waals surface area contributed by atoms with Crippen molar-refractivity contribution in [2.24, 2.45) is 0 Å². The molecular weight excluding hydrogens is 330 g/mol. The van der Waals surface area contributed by atoms with Gasteiger partial charge in [-0.15, -0.1) is 11.3 Å². The summed E-state index contributed by atoms with van der Waals surface area (Å²) in [6.07, 6.45) is 0. The second-order valence-electron chi connectivity index (χ2n) is 5.82. The van der Waals surface area contributed by atoms with Gasteiger partial charge in [0.05, 0.1) is 16.3 Å². The van der Waals surface area contributed by atoms with Crippen LogP contribution in [-0.4, -0.2) is 44.0 Å². The average molecular weight is 350 g/mol. The maximum Gasteiger partial charge on any atom is 0.265 e.